The fourth-order valence-electron chi connectivity index (χ4n) is 2.51. The number of rotatable bonds is 3. The molecule has 18 heavy (non-hydrogen) atoms. The van der Waals surface area contributed by atoms with Crippen LogP contribution in [0.25, 0.3) is 0 Å². The minimum absolute atomic E-state index is 0.286. The summed E-state index contributed by atoms with van der Waals surface area (Å²) in [5, 5.41) is 14.3. The molecule has 0 aromatic heterocycles. The zero-order valence-corrected chi connectivity index (χ0v) is 11.8. The van der Waals surface area contributed by atoms with E-state index in [2.05, 4.69) is 5.32 Å². The molecule has 2 N–H and O–H groups in total. The summed E-state index contributed by atoms with van der Waals surface area (Å²) in [5.41, 5.74) is 0. The van der Waals surface area contributed by atoms with Crippen LogP contribution < -0.4 is 5.32 Å². The molecule has 3 heterocycles. The lowest BCUT2D eigenvalue weighted by Crippen LogP contribution is -2.70. The molecule has 8 heteroatoms. The maximum atomic E-state index is 11.2. The number of nitrogens with one attached hydrogen (secondary N) is 1. The van der Waals surface area contributed by atoms with Gasteiger partial charge in [0.05, 0.1) is 13.3 Å². The Morgan fingerprint density at radius 2 is 2.33 bits per heavy atom. The quantitative estimate of drug-likeness (QED) is 0.746. The third-order valence-electron chi connectivity index (χ3n) is 3.52. The van der Waals surface area contributed by atoms with E-state index in [4.69, 9.17) is 4.84 Å². The lowest BCUT2D eigenvalue weighted by Gasteiger charge is -2.54. The Morgan fingerprint density at radius 3 is 3.06 bits per heavy atom. The molecule has 3 aliphatic heterocycles. The highest BCUT2D eigenvalue weighted by atomic mass is 32.2. The number of hydrogen-bond donors (Lipinski definition) is 2. The van der Waals surface area contributed by atoms with E-state index < -0.39 is 5.97 Å². The highest BCUT2D eigenvalue weighted by molar-refractivity contribution is 8.18. The molecule has 0 radical (unpaired) electrons. The molecule has 6 nitrogen and oxygen atoms in total. The van der Waals surface area contributed by atoms with Gasteiger partial charge in [0.1, 0.15) is 6.04 Å². The van der Waals surface area contributed by atoms with Crippen molar-refractivity contribution in [1.82, 2.24) is 15.3 Å². The highest BCUT2D eigenvalue weighted by Crippen LogP contribution is 2.57. The van der Waals surface area contributed by atoms with Gasteiger partial charge in [-0.3, -0.25) is 9.63 Å². The van der Waals surface area contributed by atoms with Crippen molar-refractivity contribution in [3.63, 3.8) is 0 Å². The number of hydrogen-bond acceptors (Lipinski definition) is 7. The molecule has 1 spiro atoms. The van der Waals surface area contributed by atoms with Crippen LogP contribution in [0.5, 0.6) is 0 Å². The SMILES string of the molecule is CNCC1CON2CN3C(C(=O)O)CSC23SC1. The van der Waals surface area contributed by atoms with E-state index in [1.54, 1.807) is 11.8 Å². The van der Waals surface area contributed by atoms with Gasteiger partial charge >= 0.3 is 5.97 Å². The van der Waals surface area contributed by atoms with E-state index in [0.29, 0.717) is 24.9 Å². The molecule has 0 amide bonds. The minimum Gasteiger partial charge on any atom is -0.480 e. The van der Waals surface area contributed by atoms with Crippen molar-refractivity contribution < 1.29 is 14.7 Å². The van der Waals surface area contributed by atoms with Gasteiger partial charge in [-0.25, -0.2) is 4.90 Å². The fourth-order valence-corrected chi connectivity index (χ4v) is 5.83. The number of thioether (sulfide) groups is 2. The van der Waals surface area contributed by atoms with Crippen LogP contribution in [0.3, 0.4) is 0 Å². The molecule has 0 bridgehead atoms. The molecule has 0 saturated carbocycles. The largest absolute Gasteiger partial charge is 0.480 e. The minimum atomic E-state index is -0.726. The van der Waals surface area contributed by atoms with Crippen molar-refractivity contribution in [2.75, 3.05) is 38.4 Å². The molecular formula is C10H17N3O3S2. The Bertz CT molecular complexity index is 359. The number of carbonyl (C=O) groups is 1. The van der Waals surface area contributed by atoms with E-state index >= 15 is 0 Å². The predicted molar refractivity (Wildman–Crippen MR) is 71.0 cm³/mol. The van der Waals surface area contributed by atoms with E-state index in [-0.39, 0.29) is 10.4 Å². The maximum Gasteiger partial charge on any atom is 0.321 e. The predicted octanol–water partition coefficient (Wildman–Crippen LogP) is -0.113. The normalized spacial score (nSPS) is 40.7. The van der Waals surface area contributed by atoms with Gasteiger partial charge in [-0.15, -0.1) is 28.6 Å². The van der Waals surface area contributed by atoms with Gasteiger partial charge in [-0.2, -0.15) is 0 Å². The molecule has 3 fully saturated rings. The summed E-state index contributed by atoms with van der Waals surface area (Å²) in [7, 11) is 1.94. The number of carboxylic acid groups (broad SMARTS) is 1. The summed E-state index contributed by atoms with van der Waals surface area (Å²) in [6.45, 7) is 2.24. The van der Waals surface area contributed by atoms with E-state index in [1.165, 1.54) is 0 Å². The van der Waals surface area contributed by atoms with Crippen LogP contribution in [0.15, 0.2) is 0 Å². The second-order valence-electron chi connectivity index (χ2n) is 4.73. The van der Waals surface area contributed by atoms with Crippen LogP contribution in [-0.2, 0) is 9.63 Å². The summed E-state index contributed by atoms with van der Waals surface area (Å²) in [6, 6.07) is -0.372. The van der Waals surface area contributed by atoms with Crippen LogP contribution in [0, 0.1) is 5.92 Å². The van der Waals surface area contributed by atoms with E-state index in [1.807, 2.05) is 28.8 Å². The van der Waals surface area contributed by atoms with Gasteiger partial charge in [0.2, 0.25) is 0 Å². The molecule has 0 aromatic carbocycles. The van der Waals surface area contributed by atoms with Gasteiger partial charge in [0, 0.05) is 24.0 Å². The number of nitrogens with zero attached hydrogens (tertiary/aromatic N) is 2. The van der Waals surface area contributed by atoms with Crippen molar-refractivity contribution in [1.29, 1.82) is 0 Å². The summed E-state index contributed by atoms with van der Waals surface area (Å²) >= 11 is 3.49. The number of aliphatic carboxylic acids is 1. The van der Waals surface area contributed by atoms with Crippen LogP contribution >= 0.6 is 23.5 Å². The monoisotopic (exact) mass is 291 g/mol. The average Bonchev–Trinajstić information content (AvgIpc) is 2.52. The Balaban J connectivity index is 1.71. The highest BCUT2D eigenvalue weighted by Gasteiger charge is 2.63. The number of carboxylic acids is 1. The first-order valence-corrected chi connectivity index (χ1v) is 7.97. The van der Waals surface area contributed by atoms with Gasteiger partial charge in [-0.1, -0.05) is 0 Å². The Morgan fingerprint density at radius 1 is 1.56 bits per heavy atom. The molecule has 3 atom stereocenters. The topological polar surface area (TPSA) is 65.0 Å². The maximum absolute atomic E-state index is 11.2. The van der Waals surface area contributed by atoms with Gasteiger partial charge in [-0.05, 0) is 7.05 Å². The molecular weight excluding hydrogens is 274 g/mol. The molecule has 3 rings (SSSR count). The smallest absolute Gasteiger partial charge is 0.321 e. The lowest BCUT2D eigenvalue weighted by atomic mass is 10.2. The zero-order valence-electron chi connectivity index (χ0n) is 10.2. The first kappa shape index (κ1) is 13.0. The van der Waals surface area contributed by atoms with E-state index in [9.17, 15) is 9.90 Å². The van der Waals surface area contributed by atoms with Gasteiger partial charge in [0.25, 0.3) is 0 Å². The van der Waals surface area contributed by atoms with Crippen LogP contribution in [0.1, 0.15) is 0 Å². The van der Waals surface area contributed by atoms with Crippen molar-refractivity contribution in [2.24, 2.45) is 5.92 Å². The van der Waals surface area contributed by atoms with Crippen LogP contribution in [0.2, 0.25) is 0 Å². The standard InChI is InChI=1S/C10H17N3O3S2/c1-11-2-7-3-16-13-6-12-8(9(14)15)5-18-10(12,13)17-4-7/h7-8,11H,2-6H2,1H3,(H,14,15). The summed E-state index contributed by atoms with van der Waals surface area (Å²) in [6.07, 6.45) is 0. The van der Waals surface area contributed by atoms with Gasteiger partial charge in [0.15, 0.2) is 4.33 Å². The second-order valence-corrected chi connectivity index (χ2v) is 7.37. The van der Waals surface area contributed by atoms with Crippen molar-refractivity contribution >= 4 is 29.5 Å². The fraction of sp³-hybridized carbons (Fsp3) is 0.900. The van der Waals surface area contributed by atoms with Gasteiger partial charge < -0.3 is 10.4 Å². The first-order chi connectivity index (χ1) is 8.67. The second kappa shape index (κ2) is 4.84. The van der Waals surface area contributed by atoms with E-state index in [0.717, 1.165) is 12.3 Å². The molecule has 3 unspecified atom stereocenters. The summed E-state index contributed by atoms with van der Waals surface area (Å²) in [4.78, 5) is 19.0. The Labute approximate surface area is 114 Å². The van der Waals surface area contributed by atoms with Crippen molar-refractivity contribution in [2.45, 2.75) is 10.4 Å². The summed E-state index contributed by atoms with van der Waals surface area (Å²) in [5.74, 6) is 1.38. The third-order valence-corrected chi connectivity index (χ3v) is 6.97. The first-order valence-electron chi connectivity index (χ1n) is 6.00. The third kappa shape index (κ3) is 1.86. The molecule has 102 valence electrons. The average molecular weight is 291 g/mol. The molecule has 3 aliphatic rings. The number of hydroxylamine groups is 2. The zero-order chi connectivity index (χ0) is 12.8. The van der Waals surface area contributed by atoms with Crippen LogP contribution in [-0.4, -0.2) is 69.8 Å². The molecule has 0 aliphatic carbocycles. The summed E-state index contributed by atoms with van der Waals surface area (Å²) < 4.78 is -0.286. The van der Waals surface area contributed by atoms with Crippen molar-refractivity contribution in [3.8, 4) is 0 Å². The lowest BCUT2D eigenvalue weighted by molar-refractivity contribution is -0.298. The molecule has 0 aromatic rings. The molecule has 3 saturated heterocycles. The van der Waals surface area contributed by atoms with Crippen LogP contribution in [0.4, 0.5) is 0 Å². The Kier molecular flexibility index (Phi) is 3.50. The Hall–Kier alpha value is 0.01000. The van der Waals surface area contributed by atoms with Crippen molar-refractivity contribution in [3.05, 3.63) is 0 Å².